The van der Waals surface area contributed by atoms with E-state index in [0.717, 1.165) is 10.9 Å². The largest absolute Gasteiger partial charge is 0.350 e. The zero-order valence-corrected chi connectivity index (χ0v) is 14.4. The van der Waals surface area contributed by atoms with E-state index in [4.69, 9.17) is 0 Å². The minimum atomic E-state index is -0.243. The number of hydrogen-bond donors (Lipinski definition) is 1. The standard InChI is InChI=1S/C20H17N5O2/c26-18(13-24-10-7-15-4-1-2-6-17(15)20(24)27)23-12-16-5-3-8-22-19(16)25-11-9-21-14-25/h1-11,14H,12-13H2,(H,23,26). The number of carbonyl (C=O) groups is 1. The van der Waals surface area contributed by atoms with Gasteiger partial charge in [0.2, 0.25) is 5.91 Å². The lowest BCUT2D eigenvalue weighted by atomic mass is 10.2. The van der Waals surface area contributed by atoms with E-state index >= 15 is 0 Å². The van der Waals surface area contributed by atoms with E-state index in [9.17, 15) is 9.59 Å². The van der Waals surface area contributed by atoms with Crippen molar-refractivity contribution in [3.05, 3.63) is 89.5 Å². The molecular formula is C20H17N5O2. The van der Waals surface area contributed by atoms with Gasteiger partial charge in [0.05, 0.1) is 0 Å². The van der Waals surface area contributed by atoms with Gasteiger partial charge in [0.15, 0.2) is 0 Å². The van der Waals surface area contributed by atoms with Crippen LogP contribution in [0.1, 0.15) is 5.56 Å². The Hall–Kier alpha value is -3.74. The second-order valence-electron chi connectivity index (χ2n) is 6.07. The molecule has 1 aromatic carbocycles. The van der Waals surface area contributed by atoms with Crippen molar-refractivity contribution in [2.75, 3.05) is 0 Å². The van der Waals surface area contributed by atoms with Gasteiger partial charge >= 0.3 is 0 Å². The van der Waals surface area contributed by atoms with E-state index in [1.54, 1.807) is 41.7 Å². The van der Waals surface area contributed by atoms with Crippen LogP contribution in [0.4, 0.5) is 0 Å². The third kappa shape index (κ3) is 3.48. The lowest BCUT2D eigenvalue weighted by Crippen LogP contribution is -2.32. The number of aromatic nitrogens is 4. The number of carbonyl (C=O) groups excluding carboxylic acids is 1. The lowest BCUT2D eigenvalue weighted by Gasteiger charge is -2.11. The highest BCUT2D eigenvalue weighted by Gasteiger charge is 2.09. The molecule has 0 atom stereocenters. The monoisotopic (exact) mass is 359 g/mol. The molecule has 0 aliphatic heterocycles. The van der Waals surface area contributed by atoms with Crippen LogP contribution in [0.3, 0.4) is 0 Å². The number of hydrogen-bond acceptors (Lipinski definition) is 4. The first-order valence-electron chi connectivity index (χ1n) is 8.49. The second-order valence-corrected chi connectivity index (χ2v) is 6.07. The van der Waals surface area contributed by atoms with E-state index in [2.05, 4.69) is 15.3 Å². The molecule has 0 bridgehead atoms. The summed E-state index contributed by atoms with van der Waals surface area (Å²) in [5.74, 6) is 0.464. The van der Waals surface area contributed by atoms with Gasteiger partial charge in [0.1, 0.15) is 18.7 Å². The fourth-order valence-electron chi connectivity index (χ4n) is 2.94. The highest BCUT2D eigenvalue weighted by Crippen LogP contribution is 2.11. The summed E-state index contributed by atoms with van der Waals surface area (Å²) < 4.78 is 3.20. The maximum Gasteiger partial charge on any atom is 0.258 e. The molecule has 4 rings (SSSR count). The van der Waals surface area contributed by atoms with Gasteiger partial charge in [-0.1, -0.05) is 24.3 Å². The summed E-state index contributed by atoms with van der Waals surface area (Å²) >= 11 is 0. The summed E-state index contributed by atoms with van der Waals surface area (Å²) in [7, 11) is 0. The average Bonchev–Trinajstić information content (AvgIpc) is 3.24. The van der Waals surface area contributed by atoms with Crippen LogP contribution in [-0.2, 0) is 17.9 Å². The summed E-state index contributed by atoms with van der Waals surface area (Å²) in [6, 6.07) is 12.9. The van der Waals surface area contributed by atoms with E-state index in [1.165, 1.54) is 4.57 Å². The van der Waals surface area contributed by atoms with Crippen molar-refractivity contribution in [3.63, 3.8) is 0 Å². The number of amides is 1. The molecule has 7 nitrogen and oxygen atoms in total. The van der Waals surface area contributed by atoms with Crippen molar-refractivity contribution in [1.82, 2.24) is 24.4 Å². The van der Waals surface area contributed by atoms with E-state index in [-0.39, 0.29) is 18.0 Å². The number of pyridine rings is 2. The predicted octanol–water partition coefficient (Wildman–Crippen LogP) is 1.90. The number of imidazole rings is 1. The van der Waals surface area contributed by atoms with Gasteiger partial charge in [0, 0.05) is 42.3 Å². The first-order valence-corrected chi connectivity index (χ1v) is 8.49. The van der Waals surface area contributed by atoms with Crippen LogP contribution in [0.2, 0.25) is 0 Å². The maximum absolute atomic E-state index is 12.5. The lowest BCUT2D eigenvalue weighted by molar-refractivity contribution is -0.121. The average molecular weight is 359 g/mol. The van der Waals surface area contributed by atoms with E-state index in [0.29, 0.717) is 17.7 Å². The van der Waals surface area contributed by atoms with Crippen LogP contribution in [-0.4, -0.2) is 25.0 Å². The van der Waals surface area contributed by atoms with Gasteiger partial charge < -0.3 is 9.88 Å². The summed E-state index contributed by atoms with van der Waals surface area (Å²) in [5.41, 5.74) is 0.679. The van der Waals surface area contributed by atoms with E-state index < -0.39 is 0 Å². The Bertz CT molecular complexity index is 1150. The van der Waals surface area contributed by atoms with Crippen LogP contribution in [0.5, 0.6) is 0 Å². The molecule has 1 N–H and O–H groups in total. The van der Waals surface area contributed by atoms with Gasteiger partial charge in [0.25, 0.3) is 5.56 Å². The Morgan fingerprint density at radius 3 is 2.78 bits per heavy atom. The topological polar surface area (TPSA) is 81.8 Å². The van der Waals surface area contributed by atoms with Gasteiger partial charge in [-0.05, 0) is 23.6 Å². The third-order valence-electron chi connectivity index (χ3n) is 4.29. The van der Waals surface area contributed by atoms with Crippen LogP contribution < -0.4 is 10.9 Å². The number of fused-ring (bicyclic) bond motifs is 1. The van der Waals surface area contributed by atoms with Gasteiger partial charge in [-0.3, -0.25) is 14.2 Å². The molecular weight excluding hydrogens is 342 g/mol. The zero-order chi connectivity index (χ0) is 18.6. The summed E-state index contributed by atoms with van der Waals surface area (Å²) in [6.45, 7) is 0.271. The highest BCUT2D eigenvalue weighted by atomic mass is 16.2. The predicted molar refractivity (Wildman–Crippen MR) is 101 cm³/mol. The molecule has 3 heterocycles. The van der Waals surface area contributed by atoms with Crippen LogP contribution in [0.15, 0.2) is 78.4 Å². The van der Waals surface area contributed by atoms with Gasteiger partial charge in [-0.2, -0.15) is 0 Å². The number of rotatable bonds is 5. The highest BCUT2D eigenvalue weighted by molar-refractivity contribution is 5.82. The molecule has 3 aromatic heterocycles. The Labute approximate surface area is 154 Å². The molecule has 0 saturated heterocycles. The maximum atomic E-state index is 12.5. The second kappa shape index (κ2) is 7.25. The number of nitrogens with zero attached hydrogens (tertiary/aromatic N) is 4. The molecule has 1 amide bonds. The summed E-state index contributed by atoms with van der Waals surface area (Å²) in [4.78, 5) is 33.2. The van der Waals surface area contributed by atoms with Gasteiger partial charge in [-0.25, -0.2) is 9.97 Å². The minimum absolute atomic E-state index is 0.0374. The van der Waals surface area contributed by atoms with E-state index in [1.807, 2.05) is 36.4 Å². The fraction of sp³-hybridized carbons (Fsp3) is 0.100. The zero-order valence-electron chi connectivity index (χ0n) is 14.4. The van der Waals surface area contributed by atoms with Crippen molar-refractivity contribution in [2.24, 2.45) is 0 Å². The molecule has 0 aliphatic rings. The molecule has 0 aliphatic carbocycles. The molecule has 7 heteroatoms. The molecule has 4 aromatic rings. The Kier molecular flexibility index (Phi) is 4.49. The van der Waals surface area contributed by atoms with Crippen LogP contribution in [0, 0.1) is 0 Å². The molecule has 0 fully saturated rings. The normalized spacial score (nSPS) is 10.8. The molecule has 0 spiro atoms. The van der Waals surface area contributed by atoms with Crippen molar-refractivity contribution in [3.8, 4) is 5.82 Å². The van der Waals surface area contributed by atoms with Crippen LogP contribution >= 0.6 is 0 Å². The van der Waals surface area contributed by atoms with Crippen LogP contribution in [0.25, 0.3) is 16.6 Å². The number of benzene rings is 1. The first-order chi connectivity index (χ1) is 13.2. The van der Waals surface area contributed by atoms with Crippen molar-refractivity contribution < 1.29 is 4.79 Å². The quantitative estimate of drug-likeness (QED) is 0.590. The van der Waals surface area contributed by atoms with Crippen molar-refractivity contribution >= 4 is 16.7 Å². The van der Waals surface area contributed by atoms with Crippen molar-refractivity contribution in [2.45, 2.75) is 13.1 Å². The van der Waals surface area contributed by atoms with Crippen molar-refractivity contribution in [1.29, 1.82) is 0 Å². The Morgan fingerprint density at radius 2 is 1.93 bits per heavy atom. The number of nitrogens with one attached hydrogen (secondary N) is 1. The molecule has 0 radical (unpaired) electrons. The third-order valence-corrected chi connectivity index (χ3v) is 4.29. The fourth-order valence-corrected chi connectivity index (χ4v) is 2.94. The summed E-state index contributed by atoms with van der Waals surface area (Å²) in [5, 5.41) is 4.31. The SMILES string of the molecule is O=C(Cn1ccc2ccccc2c1=O)NCc1cccnc1-n1ccnc1. The first kappa shape index (κ1) is 16.7. The Balaban J connectivity index is 1.49. The van der Waals surface area contributed by atoms with Gasteiger partial charge in [-0.15, -0.1) is 0 Å². The molecule has 27 heavy (non-hydrogen) atoms. The molecule has 0 unspecified atom stereocenters. The Morgan fingerprint density at radius 1 is 1.04 bits per heavy atom. The smallest absolute Gasteiger partial charge is 0.258 e. The minimum Gasteiger partial charge on any atom is -0.350 e. The molecule has 0 saturated carbocycles. The molecule has 134 valence electrons. The summed E-state index contributed by atoms with van der Waals surface area (Å²) in [6.07, 6.45) is 8.45.